The second-order valence-corrected chi connectivity index (χ2v) is 4.14. The number of carboxylic acids is 1. The lowest BCUT2D eigenvalue weighted by Gasteiger charge is -2.10. The lowest BCUT2D eigenvalue weighted by atomic mass is 10.2. The van der Waals surface area contributed by atoms with Crippen molar-refractivity contribution < 1.29 is 24.2 Å². The zero-order chi connectivity index (χ0) is 15.1. The summed E-state index contributed by atoms with van der Waals surface area (Å²) >= 11 is 5.74. The van der Waals surface area contributed by atoms with Crippen LogP contribution in [0, 0.1) is 0 Å². The highest BCUT2D eigenvalue weighted by Crippen LogP contribution is 2.21. The average Bonchev–Trinajstić information content (AvgIpc) is 2.38. The largest absolute Gasteiger partial charge is 0.478 e. The number of ether oxygens (including phenoxy) is 1. The Kier molecular flexibility index (Phi) is 5.79. The Balaban J connectivity index is 2.63. The van der Waals surface area contributed by atoms with Crippen molar-refractivity contribution in [1.29, 1.82) is 0 Å². The topological polar surface area (TPSA) is 105 Å². The van der Waals surface area contributed by atoms with Crippen molar-refractivity contribution in [2.45, 2.75) is 6.42 Å². The molecule has 0 aromatic heterocycles. The van der Waals surface area contributed by atoms with Crippen LogP contribution in [0.15, 0.2) is 18.2 Å². The molecule has 8 heteroatoms. The van der Waals surface area contributed by atoms with Crippen LogP contribution in [0.3, 0.4) is 0 Å². The molecule has 0 saturated carbocycles. The van der Waals surface area contributed by atoms with E-state index >= 15 is 0 Å². The molecule has 108 valence electrons. The number of benzene rings is 1. The molecule has 1 aromatic carbocycles. The number of carbonyl (C=O) groups excluding carboxylic acids is 2. The molecule has 1 aromatic rings. The predicted molar refractivity (Wildman–Crippen MR) is 72.1 cm³/mol. The van der Waals surface area contributed by atoms with E-state index < -0.39 is 18.0 Å². The van der Waals surface area contributed by atoms with Crippen molar-refractivity contribution >= 4 is 35.3 Å². The summed E-state index contributed by atoms with van der Waals surface area (Å²) < 4.78 is 4.41. The van der Waals surface area contributed by atoms with Gasteiger partial charge >= 0.3 is 18.0 Å². The van der Waals surface area contributed by atoms with Gasteiger partial charge in [-0.05, 0) is 18.2 Å². The normalized spacial score (nSPS) is 9.70. The number of methoxy groups -OCH3 is 1. The second-order valence-electron chi connectivity index (χ2n) is 3.70. The third-order valence-electron chi connectivity index (χ3n) is 2.30. The first-order valence-electron chi connectivity index (χ1n) is 5.58. The van der Waals surface area contributed by atoms with Gasteiger partial charge in [-0.3, -0.25) is 4.79 Å². The molecule has 1 rings (SSSR count). The average molecular weight is 301 g/mol. The molecule has 20 heavy (non-hydrogen) atoms. The van der Waals surface area contributed by atoms with Crippen LogP contribution >= 0.6 is 11.6 Å². The van der Waals surface area contributed by atoms with E-state index in [0.717, 1.165) is 0 Å². The van der Waals surface area contributed by atoms with Gasteiger partial charge in [0, 0.05) is 11.6 Å². The van der Waals surface area contributed by atoms with Crippen LogP contribution in [0.4, 0.5) is 10.5 Å². The summed E-state index contributed by atoms with van der Waals surface area (Å²) in [6.07, 6.45) is 0.0191. The maximum Gasteiger partial charge on any atom is 0.337 e. The summed E-state index contributed by atoms with van der Waals surface area (Å²) in [6, 6.07) is 3.38. The summed E-state index contributed by atoms with van der Waals surface area (Å²) in [7, 11) is 1.24. The summed E-state index contributed by atoms with van der Waals surface area (Å²) in [5, 5.41) is 14.0. The number of anilines is 1. The van der Waals surface area contributed by atoms with Gasteiger partial charge in [0.25, 0.3) is 0 Å². The highest BCUT2D eigenvalue weighted by Gasteiger charge is 2.13. The third kappa shape index (κ3) is 4.77. The van der Waals surface area contributed by atoms with Gasteiger partial charge in [-0.2, -0.15) is 0 Å². The Bertz CT molecular complexity index is 533. The van der Waals surface area contributed by atoms with E-state index in [4.69, 9.17) is 16.7 Å². The standard InChI is InChI=1S/C12H13ClN2O5/c1-20-10(16)4-5-14-12(19)15-9-6-7(13)2-3-8(9)11(17)18/h2-3,6H,4-5H2,1H3,(H,17,18)(H2,14,15,19). The number of hydrogen-bond donors (Lipinski definition) is 3. The summed E-state index contributed by atoms with van der Waals surface area (Å²) in [4.78, 5) is 33.4. The highest BCUT2D eigenvalue weighted by molar-refractivity contribution is 6.31. The fourth-order valence-electron chi connectivity index (χ4n) is 1.35. The van der Waals surface area contributed by atoms with Crippen LogP contribution in [0.25, 0.3) is 0 Å². The molecule has 0 aliphatic heterocycles. The molecule has 0 aliphatic rings. The van der Waals surface area contributed by atoms with E-state index in [1.54, 1.807) is 0 Å². The molecule has 0 bridgehead atoms. The first-order chi connectivity index (χ1) is 9.43. The Morgan fingerprint density at radius 2 is 2.05 bits per heavy atom. The molecule has 0 radical (unpaired) electrons. The molecule has 0 aliphatic carbocycles. The number of aromatic carboxylic acids is 1. The molecule has 3 N–H and O–H groups in total. The fourth-order valence-corrected chi connectivity index (χ4v) is 1.53. The van der Waals surface area contributed by atoms with Crippen LogP contribution in [0.1, 0.15) is 16.8 Å². The number of amides is 2. The van der Waals surface area contributed by atoms with Crippen molar-refractivity contribution in [3.05, 3.63) is 28.8 Å². The monoisotopic (exact) mass is 300 g/mol. The first kappa shape index (κ1) is 15.8. The Labute approximate surface area is 119 Å². The predicted octanol–water partition coefficient (Wildman–Crippen LogP) is 1.72. The van der Waals surface area contributed by atoms with E-state index in [1.807, 2.05) is 0 Å². The second kappa shape index (κ2) is 7.34. The lowest BCUT2D eigenvalue weighted by Crippen LogP contribution is -2.31. The van der Waals surface area contributed by atoms with Crippen molar-refractivity contribution in [3.63, 3.8) is 0 Å². The lowest BCUT2D eigenvalue weighted by molar-refractivity contribution is -0.140. The molecular weight excluding hydrogens is 288 g/mol. The van der Waals surface area contributed by atoms with Crippen LogP contribution in [-0.4, -0.2) is 36.7 Å². The fraction of sp³-hybridized carbons (Fsp3) is 0.250. The molecule has 0 unspecified atom stereocenters. The van der Waals surface area contributed by atoms with Gasteiger partial charge in [0.15, 0.2) is 0 Å². The molecule has 2 amide bonds. The summed E-state index contributed by atoms with van der Waals surface area (Å²) in [6.45, 7) is 0.0709. The minimum atomic E-state index is -1.19. The molecule has 0 heterocycles. The zero-order valence-electron chi connectivity index (χ0n) is 10.6. The van der Waals surface area contributed by atoms with Crippen molar-refractivity contribution in [2.24, 2.45) is 0 Å². The number of esters is 1. The van der Waals surface area contributed by atoms with Crippen molar-refractivity contribution in [2.75, 3.05) is 19.0 Å². The maximum atomic E-state index is 11.6. The van der Waals surface area contributed by atoms with Crippen LogP contribution in [0.2, 0.25) is 5.02 Å². The van der Waals surface area contributed by atoms with E-state index in [-0.39, 0.29) is 24.2 Å². The van der Waals surface area contributed by atoms with Crippen LogP contribution in [-0.2, 0) is 9.53 Å². The zero-order valence-corrected chi connectivity index (χ0v) is 11.4. The quantitative estimate of drug-likeness (QED) is 0.718. The maximum absolute atomic E-state index is 11.6. The van der Waals surface area contributed by atoms with E-state index in [1.165, 1.54) is 25.3 Å². The minimum Gasteiger partial charge on any atom is -0.478 e. The summed E-state index contributed by atoms with van der Waals surface area (Å²) in [5.41, 5.74) is -0.0157. The van der Waals surface area contributed by atoms with Gasteiger partial charge < -0.3 is 20.5 Å². The van der Waals surface area contributed by atoms with Crippen molar-refractivity contribution in [3.8, 4) is 0 Å². The number of nitrogens with one attached hydrogen (secondary N) is 2. The Hall–Kier alpha value is -2.28. The Morgan fingerprint density at radius 3 is 2.65 bits per heavy atom. The molecule has 7 nitrogen and oxygen atoms in total. The van der Waals surface area contributed by atoms with Gasteiger partial charge in [-0.25, -0.2) is 9.59 Å². The molecule has 0 saturated heterocycles. The highest BCUT2D eigenvalue weighted by atomic mass is 35.5. The summed E-state index contributed by atoms with van der Waals surface area (Å²) in [5.74, 6) is -1.65. The van der Waals surface area contributed by atoms with Gasteiger partial charge in [0.1, 0.15) is 0 Å². The Morgan fingerprint density at radius 1 is 1.35 bits per heavy atom. The molecule has 0 fully saturated rings. The van der Waals surface area contributed by atoms with Gasteiger partial charge in [-0.15, -0.1) is 0 Å². The number of urea groups is 1. The van der Waals surface area contributed by atoms with E-state index in [9.17, 15) is 14.4 Å². The molecule has 0 atom stereocenters. The van der Waals surface area contributed by atoms with E-state index in [2.05, 4.69) is 15.4 Å². The van der Waals surface area contributed by atoms with Gasteiger partial charge in [0.2, 0.25) is 0 Å². The molecule has 0 spiro atoms. The van der Waals surface area contributed by atoms with Gasteiger partial charge in [0.05, 0.1) is 24.8 Å². The number of rotatable bonds is 5. The third-order valence-corrected chi connectivity index (χ3v) is 2.54. The molecular formula is C12H13ClN2O5. The number of carboxylic acid groups (broad SMARTS) is 1. The van der Waals surface area contributed by atoms with Crippen LogP contribution in [0.5, 0.6) is 0 Å². The number of hydrogen-bond acceptors (Lipinski definition) is 4. The smallest absolute Gasteiger partial charge is 0.337 e. The SMILES string of the molecule is COC(=O)CCNC(=O)Nc1cc(Cl)ccc1C(=O)O. The van der Waals surface area contributed by atoms with Crippen molar-refractivity contribution in [1.82, 2.24) is 5.32 Å². The first-order valence-corrected chi connectivity index (χ1v) is 5.96. The van der Waals surface area contributed by atoms with E-state index in [0.29, 0.717) is 5.02 Å². The van der Waals surface area contributed by atoms with Gasteiger partial charge in [-0.1, -0.05) is 11.6 Å². The number of halogens is 1. The minimum absolute atomic E-state index is 0.0191. The number of carbonyl (C=O) groups is 3. The van der Waals surface area contributed by atoms with Crippen LogP contribution < -0.4 is 10.6 Å².